The molecule has 0 aliphatic rings. The summed E-state index contributed by atoms with van der Waals surface area (Å²) in [6, 6.07) is 6.35. The van der Waals surface area contributed by atoms with E-state index in [4.69, 9.17) is 4.42 Å². The van der Waals surface area contributed by atoms with Gasteiger partial charge in [-0.05, 0) is 18.2 Å². The molecular formula is C12H11NO3. The fourth-order valence-electron chi connectivity index (χ4n) is 1.41. The van der Waals surface area contributed by atoms with Crippen LogP contribution < -0.4 is 10.7 Å². The van der Waals surface area contributed by atoms with Crippen LogP contribution in [0.4, 0.5) is 5.69 Å². The average Bonchev–Trinajstić information content (AvgIpc) is 2.30. The van der Waals surface area contributed by atoms with Crippen molar-refractivity contribution in [2.24, 2.45) is 0 Å². The minimum atomic E-state index is -0.117. The zero-order valence-electron chi connectivity index (χ0n) is 8.82. The normalized spacial score (nSPS) is 10.3. The Bertz CT molecular complexity index is 586. The molecule has 4 nitrogen and oxygen atoms in total. The smallest absolute Gasteiger partial charge is 0.224 e. The summed E-state index contributed by atoms with van der Waals surface area (Å²) in [5.74, 6) is -0.0836. The van der Waals surface area contributed by atoms with Crippen LogP contribution in [0.1, 0.15) is 13.3 Å². The number of anilines is 1. The zero-order chi connectivity index (χ0) is 11.5. The van der Waals surface area contributed by atoms with E-state index in [0.717, 1.165) is 0 Å². The summed E-state index contributed by atoms with van der Waals surface area (Å²) in [6.45, 7) is 1.77. The van der Waals surface area contributed by atoms with Gasteiger partial charge in [-0.2, -0.15) is 0 Å². The van der Waals surface area contributed by atoms with E-state index in [1.54, 1.807) is 25.1 Å². The molecule has 0 radical (unpaired) electrons. The van der Waals surface area contributed by atoms with E-state index in [9.17, 15) is 9.59 Å². The predicted octanol–water partition coefficient (Wildman–Crippen LogP) is 2.14. The Kier molecular flexibility index (Phi) is 2.72. The Labute approximate surface area is 91.9 Å². The van der Waals surface area contributed by atoms with Gasteiger partial charge in [0, 0.05) is 18.2 Å². The summed E-state index contributed by atoms with van der Waals surface area (Å²) in [4.78, 5) is 22.7. The van der Waals surface area contributed by atoms with E-state index in [2.05, 4.69) is 5.32 Å². The summed E-state index contributed by atoms with van der Waals surface area (Å²) in [5.41, 5.74) is 1.01. The number of carbonyl (C=O) groups is 1. The minimum absolute atomic E-state index is 0.0836. The Hall–Kier alpha value is -2.10. The summed E-state index contributed by atoms with van der Waals surface area (Å²) in [6.07, 6.45) is 1.76. The third-order valence-electron chi connectivity index (χ3n) is 2.26. The summed E-state index contributed by atoms with van der Waals surface area (Å²) in [5, 5.41) is 3.16. The molecule has 0 atom stereocenters. The number of fused-ring (bicyclic) bond motifs is 1. The number of hydrogen-bond donors (Lipinski definition) is 1. The zero-order valence-corrected chi connectivity index (χ0v) is 8.82. The first-order chi connectivity index (χ1) is 7.70. The maximum absolute atomic E-state index is 11.5. The number of hydrogen-bond acceptors (Lipinski definition) is 3. The lowest BCUT2D eigenvalue weighted by Crippen LogP contribution is -2.09. The van der Waals surface area contributed by atoms with E-state index in [1.807, 2.05) is 0 Å². The van der Waals surface area contributed by atoms with Crippen LogP contribution in [0.3, 0.4) is 0 Å². The van der Waals surface area contributed by atoms with E-state index in [0.29, 0.717) is 23.1 Å². The second kappa shape index (κ2) is 4.18. The molecule has 1 aromatic carbocycles. The van der Waals surface area contributed by atoms with Gasteiger partial charge in [-0.1, -0.05) is 6.92 Å². The first kappa shape index (κ1) is 10.4. The summed E-state index contributed by atoms with van der Waals surface area (Å²) >= 11 is 0. The number of amides is 1. The lowest BCUT2D eigenvalue weighted by atomic mass is 10.2. The third kappa shape index (κ3) is 1.95. The molecule has 0 saturated heterocycles. The molecule has 0 spiro atoms. The van der Waals surface area contributed by atoms with E-state index < -0.39 is 0 Å². The molecule has 82 valence electrons. The van der Waals surface area contributed by atoms with E-state index >= 15 is 0 Å². The predicted molar refractivity (Wildman–Crippen MR) is 61.4 cm³/mol. The number of nitrogens with one attached hydrogen (secondary N) is 1. The Morgan fingerprint density at radius 2 is 2.19 bits per heavy atom. The molecule has 16 heavy (non-hydrogen) atoms. The van der Waals surface area contributed by atoms with Crippen molar-refractivity contribution in [3.8, 4) is 0 Å². The van der Waals surface area contributed by atoms with Crippen molar-refractivity contribution < 1.29 is 9.21 Å². The lowest BCUT2D eigenvalue weighted by Gasteiger charge is -2.03. The quantitative estimate of drug-likeness (QED) is 0.838. The van der Waals surface area contributed by atoms with Crippen molar-refractivity contribution in [1.29, 1.82) is 0 Å². The van der Waals surface area contributed by atoms with Gasteiger partial charge in [-0.15, -0.1) is 0 Å². The van der Waals surface area contributed by atoms with E-state index in [1.165, 1.54) is 12.3 Å². The SMILES string of the molecule is CCC(=O)Nc1ccc2occc(=O)c2c1. The molecule has 1 amide bonds. The van der Waals surface area contributed by atoms with Crippen molar-refractivity contribution in [2.45, 2.75) is 13.3 Å². The highest BCUT2D eigenvalue weighted by atomic mass is 16.3. The largest absolute Gasteiger partial charge is 0.464 e. The lowest BCUT2D eigenvalue weighted by molar-refractivity contribution is -0.115. The van der Waals surface area contributed by atoms with Crippen molar-refractivity contribution in [2.75, 3.05) is 5.32 Å². The van der Waals surface area contributed by atoms with Crippen LogP contribution in [-0.2, 0) is 4.79 Å². The van der Waals surface area contributed by atoms with Crippen LogP contribution in [-0.4, -0.2) is 5.91 Å². The molecule has 1 aromatic heterocycles. The molecule has 0 fully saturated rings. The molecule has 4 heteroatoms. The highest BCUT2D eigenvalue weighted by molar-refractivity contribution is 5.93. The molecule has 0 bridgehead atoms. The fraction of sp³-hybridized carbons (Fsp3) is 0.167. The van der Waals surface area contributed by atoms with Gasteiger partial charge in [0.15, 0.2) is 5.43 Å². The highest BCUT2D eigenvalue weighted by Gasteiger charge is 2.03. The standard InChI is InChI=1S/C12H11NO3/c1-2-12(15)13-8-3-4-11-9(7-8)10(14)5-6-16-11/h3-7H,2H2,1H3,(H,13,15). The Balaban J connectivity index is 2.47. The van der Waals surface area contributed by atoms with Crippen molar-refractivity contribution in [3.05, 3.63) is 40.8 Å². The number of benzene rings is 1. The summed E-state index contributed by atoms with van der Waals surface area (Å²) < 4.78 is 5.17. The number of carbonyl (C=O) groups excluding carboxylic acids is 1. The van der Waals surface area contributed by atoms with Crippen LogP contribution in [0.25, 0.3) is 11.0 Å². The maximum atomic E-state index is 11.5. The molecular weight excluding hydrogens is 206 g/mol. The van der Waals surface area contributed by atoms with Gasteiger partial charge >= 0.3 is 0 Å². The molecule has 2 aromatic rings. The second-order valence-electron chi connectivity index (χ2n) is 3.40. The van der Waals surface area contributed by atoms with E-state index in [-0.39, 0.29) is 11.3 Å². The van der Waals surface area contributed by atoms with Crippen LogP contribution in [0.2, 0.25) is 0 Å². The second-order valence-corrected chi connectivity index (χ2v) is 3.40. The minimum Gasteiger partial charge on any atom is -0.464 e. The van der Waals surface area contributed by atoms with Gasteiger partial charge < -0.3 is 9.73 Å². The maximum Gasteiger partial charge on any atom is 0.224 e. The van der Waals surface area contributed by atoms with Crippen molar-refractivity contribution >= 4 is 22.6 Å². The topological polar surface area (TPSA) is 59.3 Å². The molecule has 1 heterocycles. The van der Waals surface area contributed by atoms with Crippen LogP contribution in [0.5, 0.6) is 0 Å². The van der Waals surface area contributed by atoms with Gasteiger partial charge in [0.2, 0.25) is 5.91 Å². The van der Waals surface area contributed by atoms with Crippen molar-refractivity contribution in [1.82, 2.24) is 0 Å². The third-order valence-corrected chi connectivity index (χ3v) is 2.26. The Morgan fingerprint density at radius 1 is 1.38 bits per heavy atom. The van der Waals surface area contributed by atoms with Gasteiger partial charge in [0.1, 0.15) is 5.58 Å². The monoisotopic (exact) mass is 217 g/mol. The van der Waals surface area contributed by atoms with Crippen LogP contribution in [0, 0.1) is 0 Å². The Morgan fingerprint density at radius 3 is 2.94 bits per heavy atom. The number of rotatable bonds is 2. The molecule has 1 N–H and O–H groups in total. The summed E-state index contributed by atoms with van der Waals surface area (Å²) in [7, 11) is 0. The highest BCUT2D eigenvalue weighted by Crippen LogP contribution is 2.16. The molecule has 0 aliphatic heterocycles. The van der Waals surface area contributed by atoms with Crippen LogP contribution in [0.15, 0.2) is 39.7 Å². The van der Waals surface area contributed by atoms with Crippen molar-refractivity contribution in [3.63, 3.8) is 0 Å². The van der Waals surface area contributed by atoms with Crippen LogP contribution >= 0.6 is 0 Å². The first-order valence-electron chi connectivity index (χ1n) is 5.02. The average molecular weight is 217 g/mol. The van der Waals surface area contributed by atoms with Gasteiger partial charge in [0.25, 0.3) is 0 Å². The van der Waals surface area contributed by atoms with Gasteiger partial charge in [0.05, 0.1) is 11.6 Å². The molecule has 0 aliphatic carbocycles. The molecule has 2 rings (SSSR count). The van der Waals surface area contributed by atoms with Gasteiger partial charge in [-0.3, -0.25) is 9.59 Å². The molecule has 0 unspecified atom stereocenters. The van der Waals surface area contributed by atoms with Gasteiger partial charge in [-0.25, -0.2) is 0 Å². The fourth-order valence-corrected chi connectivity index (χ4v) is 1.41. The molecule has 0 saturated carbocycles. The first-order valence-corrected chi connectivity index (χ1v) is 5.02.